The van der Waals surface area contributed by atoms with E-state index in [1.54, 1.807) is 17.0 Å². The Morgan fingerprint density at radius 2 is 1.54 bits per heavy atom. The highest BCUT2D eigenvalue weighted by Gasteiger charge is 2.31. The smallest absolute Gasteiger partial charge is 0.261 e. The maximum atomic E-state index is 13.6. The number of halogens is 1. The van der Waals surface area contributed by atoms with E-state index in [0.29, 0.717) is 23.1 Å². The Balaban J connectivity index is 1.88. The van der Waals surface area contributed by atoms with Gasteiger partial charge in [0.05, 0.1) is 0 Å². The Kier molecular flexibility index (Phi) is 10.6. The quantitative estimate of drug-likeness (QED) is 0.301. The number of amides is 2. The molecule has 3 aromatic rings. The van der Waals surface area contributed by atoms with E-state index in [9.17, 15) is 9.59 Å². The van der Waals surface area contributed by atoms with Crippen LogP contribution in [0.3, 0.4) is 0 Å². The molecule has 2 atom stereocenters. The molecule has 0 fully saturated rings. The van der Waals surface area contributed by atoms with Crippen molar-refractivity contribution in [1.82, 2.24) is 10.2 Å². The lowest BCUT2D eigenvalue weighted by Crippen LogP contribution is -2.53. The summed E-state index contributed by atoms with van der Waals surface area (Å²) in [6.07, 6.45) is 1.19. The zero-order valence-electron chi connectivity index (χ0n) is 22.1. The van der Waals surface area contributed by atoms with Crippen molar-refractivity contribution in [1.29, 1.82) is 0 Å². The second kappa shape index (κ2) is 13.8. The summed E-state index contributed by atoms with van der Waals surface area (Å²) < 4.78 is 5.88. The van der Waals surface area contributed by atoms with Gasteiger partial charge >= 0.3 is 0 Å². The van der Waals surface area contributed by atoms with Crippen LogP contribution >= 0.6 is 11.6 Å². The molecule has 5 nitrogen and oxygen atoms in total. The third-order valence-electron chi connectivity index (χ3n) is 6.45. The zero-order chi connectivity index (χ0) is 26.8. The van der Waals surface area contributed by atoms with Crippen LogP contribution in [0.15, 0.2) is 78.9 Å². The van der Waals surface area contributed by atoms with Gasteiger partial charge in [0.1, 0.15) is 11.8 Å². The molecule has 1 N–H and O–H groups in total. The minimum absolute atomic E-state index is 0.00557. The van der Waals surface area contributed by atoms with Gasteiger partial charge in [-0.15, -0.1) is 0 Å². The molecular formula is C31H37ClN2O3. The first kappa shape index (κ1) is 28.3. The van der Waals surface area contributed by atoms with Gasteiger partial charge in [-0.05, 0) is 60.2 Å². The van der Waals surface area contributed by atoms with Gasteiger partial charge < -0.3 is 15.0 Å². The van der Waals surface area contributed by atoms with E-state index >= 15 is 0 Å². The monoisotopic (exact) mass is 520 g/mol. The molecule has 0 aliphatic carbocycles. The number of hydrogen-bond acceptors (Lipinski definition) is 3. The lowest BCUT2D eigenvalue weighted by atomic mass is 10.0. The molecule has 0 heterocycles. The maximum absolute atomic E-state index is 13.6. The molecule has 0 aliphatic heterocycles. The zero-order valence-corrected chi connectivity index (χ0v) is 22.9. The normalized spacial score (nSPS) is 12.6. The van der Waals surface area contributed by atoms with Gasteiger partial charge in [-0.25, -0.2) is 0 Å². The summed E-state index contributed by atoms with van der Waals surface area (Å²) in [4.78, 5) is 28.8. The van der Waals surface area contributed by atoms with E-state index in [1.807, 2.05) is 80.6 Å². The Morgan fingerprint density at radius 1 is 0.892 bits per heavy atom. The fraction of sp³-hybridized carbons (Fsp3) is 0.355. The average molecular weight is 521 g/mol. The molecule has 0 spiro atoms. The van der Waals surface area contributed by atoms with Crippen LogP contribution < -0.4 is 10.1 Å². The highest BCUT2D eigenvalue weighted by molar-refractivity contribution is 6.30. The summed E-state index contributed by atoms with van der Waals surface area (Å²) in [5.74, 6) is 0.589. The number of nitrogens with one attached hydrogen (secondary N) is 1. The number of carbonyl (C=O) groups is 2. The van der Waals surface area contributed by atoms with Crippen molar-refractivity contribution in [3.63, 3.8) is 0 Å². The van der Waals surface area contributed by atoms with Crippen LogP contribution in [0, 0.1) is 0 Å². The Morgan fingerprint density at radius 3 is 2.14 bits per heavy atom. The van der Waals surface area contributed by atoms with E-state index in [2.05, 4.69) is 19.2 Å². The number of benzene rings is 3. The van der Waals surface area contributed by atoms with Crippen molar-refractivity contribution in [3.05, 3.63) is 101 Å². The molecule has 196 valence electrons. The first-order valence-corrected chi connectivity index (χ1v) is 13.3. The van der Waals surface area contributed by atoms with Gasteiger partial charge in [-0.2, -0.15) is 0 Å². The molecule has 0 saturated carbocycles. The first-order valence-electron chi connectivity index (χ1n) is 12.9. The molecule has 0 aromatic heterocycles. The number of nitrogens with zero attached hydrogens (tertiary/aromatic N) is 1. The SMILES string of the molecule is CC[C@@H](C)NC(=O)[C@H](Cc1ccccc1)N(Cc1ccc(Cl)cc1)C(=O)COc1ccc(C(C)C)cc1. The van der Waals surface area contributed by atoms with Gasteiger partial charge in [0, 0.05) is 24.0 Å². The first-order chi connectivity index (χ1) is 17.8. The van der Waals surface area contributed by atoms with Gasteiger partial charge in [0.15, 0.2) is 6.61 Å². The Bertz CT molecular complexity index is 1130. The molecule has 2 amide bonds. The van der Waals surface area contributed by atoms with E-state index in [0.717, 1.165) is 17.5 Å². The fourth-order valence-corrected chi connectivity index (χ4v) is 4.08. The molecule has 37 heavy (non-hydrogen) atoms. The molecule has 0 saturated heterocycles. The summed E-state index contributed by atoms with van der Waals surface area (Å²) in [6.45, 7) is 8.34. The minimum Gasteiger partial charge on any atom is -0.484 e. The topological polar surface area (TPSA) is 58.6 Å². The van der Waals surface area contributed by atoms with Crippen molar-refractivity contribution in [2.45, 2.75) is 65.1 Å². The Labute approximate surface area is 225 Å². The lowest BCUT2D eigenvalue weighted by molar-refractivity contribution is -0.143. The summed E-state index contributed by atoms with van der Waals surface area (Å²) >= 11 is 6.09. The molecule has 0 bridgehead atoms. The number of ether oxygens (including phenoxy) is 1. The molecule has 6 heteroatoms. The predicted molar refractivity (Wildman–Crippen MR) is 150 cm³/mol. The number of rotatable bonds is 12. The van der Waals surface area contributed by atoms with Crippen LogP contribution in [-0.4, -0.2) is 35.4 Å². The second-order valence-electron chi connectivity index (χ2n) is 9.68. The van der Waals surface area contributed by atoms with Crippen LogP contribution in [0.4, 0.5) is 0 Å². The van der Waals surface area contributed by atoms with Crippen LogP contribution in [0.5, 0.6) is 5.75 Å². The second-order valence-corrected chi connectivity index (χ2v) is 10.1. The fourth-order valence-electron chi connectivity index (χ4n) is 3.96. The van der Waals surface area contributed by atoms with Gasteiger partial charge in [-0.3, -0.25) is 9.59 Å². The predicted octanol–water partition coefficient (Wildman–Crippen LogP) is 6.40. The van der Waals surface area contributed by atoms with Crippen LogP contribution in [-0.2, 0) is 22.6 Å². The molecule has 3 rings (SSSR count). The maximum Gasteiger partial charge on any atom is 0.261 e. The molecule has 0 aliphatic rings. The molecule has 3 aromatic carbocycles. The number of hydrogen-bond donors (Lipinski definition) is 1. The largest absolute Gasteiger partial charge is 0.484 e. The van der Waals surface area contributed by atoms with E-state index in [-0.39, 0.29) is 31.0 Å². The van der Waals surface area contributed by atoms with Gasteiger partial charge in [0.25, 0.3) is 5.91 Å². The van der Waals surface area contributed by atoms with Crippen molar-refractivity contribution >= 4 is 23.4 Å². The summed E-state index contributed by atoms with van der Waals surface area (Å²) in [5.41, 5.74) is 3.06. The van der Waals surface area contributed by atoms with Crippen LogP contribution in [0.2, 0.25) is 5.02 Å². The van der Waals surface area contributed by atoms with E-state index in [4.69, 9.17) is 16.3 Å². The van der Waals surface area contributed by atoms with Crippen molar-refractivity contribution < 1.29 is 14.3 Å². The summed E-state index contributed by atoms with van der Waals surface area (Å²) in [5, 5.41) is 3.69. The van der Waals surface area contributed by atoms with Crippen LogP contribution in [0.1, 0.15) is 56.7 Å². The Hall–Kier alpha value is -3.31. The minimum atomic E-state index is -0.702. The average Bonchev–Trinajstić information content (AvgIpc) is 2.91. The van der Waals surface area contributed by atoms with Crippen LogP contribution in [0.25, 0.3) is 0 Å². The highest BCUT2D eigenvalue weighted by atomic mass is 35.5. The molecule has 0 radical (unpaired) electrons. The van der Waals surface area contributed by atoms with Gasteiger partial charge in [-0.1, -0.05) is 87.0 Å². The van der Waals surface area contributed by atoms with Crippen molar-refractivity contribution in [2.24, 2.45) is 0 Å². The van der Waals surface area contributed by atoms with E-state index < -0.39 is 6.04 Å². The van der Waals surface area contributed by atoms with Gasteiger partial charge in [0.2, 0.25) is 5.91 Å². The standard InChI is InChI=1S/C31H37ClN2O3/c1-5-23(4)33-31(36)29(19-24-9-7-6-8-10-24)34(20-25-11-15-27(32)16-12-25)30(35)21-37-28-17-13-26(14-18-28)22(2)3/h6-18,22-23,29H,5,19-21H2,1-4H3,(H,33,36)/t23-,29+/m1/s1. The molecular weight excluding hydrogens is 484 g/mol. The van der Waals surface area contributed by atoms with Crippen molar-refractivity contribution in [3.8, 4) is 5.75 Å². The third kappa shape index (κ3) is 8.64. The third-order valence-corrected chi connectivity index (χ3v) is 6.70. The number of carbonyl (C=O) groups excluding carboxylic acids is 2. The molecule has 0 unspecified atom stereocenters. The highest BCUT2D eigenvalue weighted by Crippen LogP contribution is 2.20. The summed E-state index contributed by atoms with van der Waals surface area (Å²) in [7, 11) is 0. The van der Waals surface area contributed by atoms with E-state index in [1.165, 1.54) is 5.56 Å². The summed E-state index contributed by atoms with van der Waals surface area (Å²) in [6, 6.07) is 24.2. The lowest BCUT2D eigenvalue weighted by Gasteiger charge is -2.32. The van der Waals surface area contributed by atoms with Crippen molar-refractivity contribution in [2.75, 3.05) is 6.61 Å².